The van der Waals surface area contributed by atoms with Crippen molar-refractivity contribution in [1.29, 1.82) is 0 Å². The molecule has 0 heterocycles. The molecule has 0 spiro atoms. The van der Waals surface area contributed by atoms with E-state index in [1.165, 1.54) is 0 Å². The number of methoxy groups -OCH3 is 1. The van der Waals surface area contributed by atoms with E-state index >= 15 is 0 Å². The van der Waals surface area contributed by atoms with Crippen LogP contribution in [-0.4, -0.2) is 49.3 Å². The Morgan fingerprint density at radius 3 is 2.85 bits per heavy atom. The number of anilines is 2. The lowest BCUT2D eigenvalue weighted by Crippen LogP contribution is -2.34. The standard InChI is InChI=1S/C14H23N3O3/c1-3-17(7-4-8-18)10-14(19)16-12-9-11(15)5-6-13(12)20-2/h5-6,9,18H,3-4,7-8,10,15H2,1-2H3,(H,16,19). The minimum absolute atomic E-state index is 0.126. The molecule has 0 aliphatic rings. The number of aliphatic hydroxyl groups is 1. The van der Waals surface area contributed by atoms with Gasteiger partial charge in [0.05, 0.1) is 19.3 Å². The zero-order valence-electron chi connectivity index (χ0n) is 12.1. The summed E-state index contributed by atoms with van der Waals surface area (Å²) in [6, 6.07) is 5.10. The van der Waals surface area contributed by atoms with Gasteiger partial charge in [-0.3, -0.25) is 9.69 Å². The number of rotatable bonds is 8. The van der Waals surface area contributed by atoms with E-state index in [-0.39, 0.29) is 19.1 Å². The Bertz CT molecular complexity index is 438. The third-order valence-corrected chi connectivity index (χ3v) is 2.94. The van der Waals surface area contributed by atoms with Crippen LogP contribution in [0.4, 0.5) is 11.4 Å². The molecule has 20 heavy (non-hydrogen) atoms. The Hall–Kier alpha value is -1.79. The number of nitrogens with zero attached hydrogens (tertiary/aromatic N) is 1. The Balaban J connectivity index is 2.63. The molecule has 0 radical (unpaired) electrons. The fraction of sp³-hybridized carbons (Fsp3) is 0.500. The first-order valence-electron chi connectivity index (χ1n) is 6.67. The zero-order valence-corrected chi connectivity index (χ0v) is 12.1. The molecule has 4 N–H and O–H groups in total. The van der Waals surface area contributed by atoms with E-state index < -0.39 is 0 Å². The van der Waals surface area contributed by atoms with E-state index in [4.69, 9.17) is 15.6 Å². The lowest BCUT2D eigenvalue weighted by molar-refractivity contribution is -0.117. The van der Waals surface area contributed by atoms with E-state index in [2.05, 4.69) is 5.32 Å². The van der Waals surface area contributed by atoms with Gasteiger partial charge in [-0.1, -0.05) is 6.92 Å². The quantitative estimate of drug-likeness (QED) is 0.617. The third kappa shape index (κ3) is 5.07. The molecule has 0 saturated carbocycles. The van der Waals surface area contributed by atoms with Gasteiger partial charge in [0.15, 0.2) is 0 Å². The van der Waals surface area contributed by atoms with E-state index in [1.807, 2.05) is 11.8 Å². The number of aliphatic hydroxyl groups excluding tert-OH is 1. The maximum absolute atomic E-state index is 12.0. The topological polar surface area (TPSA) is 87.8 Å². The van der Waals surface area contributed by atoms with Crippen LogP contribution >= 0.6 is 0 Å². The smallest absolute Gasteiger partial charge is 0.238 e. The summed E-state index contributed by atoms with van der Waals surface area (Å²) >= 11 is 0. The molecule has 0 aliphatic heterocycles. The van der Waals surface area contributed by atoms with Gasteiger partial charge in [0.1, 0.15) is 5.75 Å². The summed E-state index contributed by atoms with van der Waals surface area (Å²) in [5.41, 5.74) is 6.84. The predicted octanol–water partition coefficient (Wildman–Crippen LogP) is 0.920. The minimum Gasteiger partial charge on any atom is -0.495 e. The maximum Gasteiger partial charge on any atom is 0.238 e. The number of benzene rings is 1. The van der Waals surface area contributed by atoms with Crippen molar-refractivity contribution >= 4 is 17.3 Å². The van der Waals surface area contributed by atoms with Crippen LogP contribution in [0.5, 0.6) is 5.75 Å². The summed E-state index contributed by atoms with van der Waals surface area (Å²) in [5, 5.41) is 11.6. The Morgan fingerprint density at radius 2 is 2.25 bits per heavy atom. The highest BCUT2D eigenvalue weighted by molar-refractivity contribution is 5.94. The fourth-order valence-corrected chi connectivity index (χ4v) is 1.86. The zero-order chi connectivity index (χ0) is 15.0. The first-order chi connectivity index (χ1) is 9.60. The van der Waals surface area contributed by atoms with Crippen molar-refractivity contribution in [3.8, 4) is 5.75 Å². The van der Waals surface area contributed by atoms with E-state index in [9.17, 15) is 4.79 Å². The van der Waals surface area contributed by atoms with Crippen molar-refractivity contribution in [3.63, 3.8) is 0 Å². The lowest BCUT2D eigenvalue weighted by Gasteiger charge is -2.19. The highest BCUT2D eigenvalue weighted by Crippen LogP contribution is 2.26. The van der Waals surface area contributed by atoms with Crippen LogP contribution in [0.15, 0.2) is 18.2 Å². The van der Waals surface area contributed by atoms with Crippen LogP contribution in [0.3, 0.4) is 0 Å². The molecular weight excluding hydrogens is 258 g/mol. The van der Waals surface area contributed by atoms with Gasteiger partial charge >= 0.3 is 0 Å². The number of hydrogen-bond acceptors (Lipinski definition) is 5. The fourth-order valence-electron chi connectivity index (χ4n) is 1.86. The summed E-state index contributed by atoms with van der Waals surface area (Å²) < 4.78 is 5.18. The van der Waals surface area contributed by atoms with Gasteiger partial charge in [0, 0.05) is 18.8 Å². The van der Waals surface area contributed by atoms with Crippen LogP contribution < -0.4 is 15.8 Å². The summed E-state index contributed by atoms with van der Waals surface area (Å²) in [5.74, 6) is 0.444. The normalized spacial score (nSPS) is 10.6. The van der Waals surface area contributed by atoms with Gasteiger partial charge < -0.3 is 20.9 Å². The number of amides is 1. The number of ether oxygens (including phenoxy) is 1. The van der Waals surface area contributed by atoms with Crippen molar-refractivity contribution in [2.75, 3.05) is 44.4 Å². The average molecular weight is 281 g/mol. The molecule has 1 rings (SSSR count). The molecule has 1 aromatic carbocycles. The Morgan fingerprint density at radius 1 is 1.50 bits per heavy atom. The summed E-state index contributed by atoms with van der Waals surface area (Å²) in [4.78, 5) is 14.0. The van der Waals surface area contributed by atoms with Gasteiger partial charge in [-0.15, -0.1) is 0 Å². The predicted molar refractivity (Wildman–Crippen MR) is 79.9 cm³/mol. The number of likely N-dealkylation sites (N-methyl/N-ethyl adjacent to an activating group) is 1. The van der Waals surface area contributed by atoms with Crippen LogP contribution in [0.1, 0.15) is 13.3 Å². The van der Waals surface area contributed by atoms with E-state index in [0.717, 1.165) is 6.54 Å². The molecule has 0 fully saturated rings. The molecule has 0 saturated heterocycles. The van der Waals surface area contributed by atoms with Crippen molar-refractivity contribution < 1.29 is 14.6 Å². The molecule has 6 heteroatoms. The van der Waals surface area contributed by atoms with E-state index in [1.54, 1.807) is 25.3 Å². The van der Waals surface area contributed by atoms with Crippen LogP contribution in [-0.2, 0) is 4.79 Å². The summed E-state index contributed by atoms with van der Waals surface area (Å²) in [6.07, 6.45) is 0.655. The van der Waals surface area contributed by atoms with Crippen molar-refractivity contribution in [1.82, 2.24) is 4.90 Å². The second kappa shape index (κ2) is 8.39. The monoisotopic (exact) mass is 281 g/mol. The Kier molecular flexibility index (Phi) is 6.83. The van der Waals surface area contributed by atoms with Gasteiger partial charge in [-0.25, -0.2) is 0 Å². The number of carbonyl (C=O) groups excluding carboxylic acids is 1. The summed E-state index contributed by atoms with van der Waals surface area (Å²) in [7, 11) is 1.54. The van der Waals surface area contributed by atoms with Gasteiger partial charge in [-0.05, 0) is 31.2 Å². The number of nitrogen functional groups attached to an aromatic ring is 1. The molecule has 1 amide bonds. The second-order valence-corrected chi connectivity index (χ2v) is 4.45. The lowest BCUT2D eigenvalue weighted by atomic mass is 10.2. The molecule has 0 aromatic heterocycles. The van der Waals surface area contributed by atoms with E-state index in [0.29, 0.717) is 30.1 Å². The molecule has 0 atom stereocenters. The second-order valence-electron chi connectivity index (χ2n) is 4.45. The number of carbonyl (C=O) groups is 1. The SMILES string of the molecule is CCN(CCCO)CC(=O)Nc1cc(N)ccc1OC. The van der Waals surface area contributed by atoms with Crippen LogP contribution in [0, 0.1) is 0 Å². The average Bonchev–Trinajstić information content (AvgIpc) is 2.43. The number of hydrogen-bond donors (Lipinski definition) is 3. The highest BCUT2D eigenvalue weighted by Gasteiger charge is 2.11. The number of nitrogens with one attached hydrogen (secondary N) is 1. The summed E-state index contributed by atoms with van der Waals surface area (Å²) in [6.45, 7) is 3.82. The molecule has 0 aliphatic carbocycles. The molecule has 112 valence electrons. The molecule has 6 nitrogen and oxygen atoms in total. The van der Waals surface area contributed by atoms with Gasteiger partial charge in [0.25, 0.3) is 0 Å². The van der Waals surface area contributed by atoms with Crippen LogP contribution in [0.2, 0.25) is 0 Å². The molecule has 0 bridgehead atoms. The molecular formula is C14H23N3O3. The third-order valence-electron chi connectivity index (χ3n) is 2.94. The maximum atomic E-state index is 12.0. The molecule has 0 unspecified atom stereocenters. The number of nitrogens with two attached hydrogens (primary N) is 1. The highest BCUT2D eigenvalue weighted by atomic mass is 16.5. The first-order valence-corrected chi connectivity index (χ1v) is 6.67. The molecule has 1 aromatic rings. The van der Waals surface area contributed by atoms with Crippen molar-refractivity contribution in [2.45, 2.75) is 13.3 Å². The van der Waals surface area contributed by atoms with Gasteiger partial charge in [0.2, 0.25) is 5.91 Å². The largest absolute Gasteiger partial charge is 0.495 e. The minimum atomic E-state index is -0.131. The van der Waals surface area contributed by atoms with Gasteiger partial charge in [-0.2, -0.15) is 0 Å². The van der Waals surface area contributed by atoms with Crippen LogP contribution in [0.25, 0.3) is 0 Å². The van der Waals surface area contributed by atoms with Crippen molar-refractivity contribution in [3.05, 3.63) is 18.2 Å². The van der Waals surface area contributed by atoms with Crippen molar-refractivity contribution in [2.24, 2.45) is 0 Å². The first kappa shape index (κ1) is 16.3. The Labute approximate surface area is 119 Å².